The van der Waals surface area contributed by atoms with Crippen LogP contribution in [-0.4, -0.2) is 26.2 Å². The van der Waals surface area contributed by atoms with Crippen LogP contribution in [0.1, 0.15) is 30.6 Å². The van der Waals surface area contributed by atoms with E-state index in [2.05, 4.69) is 23.9 Å². The van der Waals surface area contributed by atoms with Crippen LogP contribution >= 0.6 is 0 Å². The fraction of sp³-hybridized carbons (Fsp3) is 0.500. The smallest absolute Gasteiger partial charge is 0.337 e. The van der Waals surface area contributed by atoms with E-state index in [0.29, 0.717) is 12.1 Å². The van der Waals surface area contributed by atoms with Crippen LogP contribution in [0.25, 0.3) is 0 Å². The molecule has 0 fully saturated rings. The van der Waals surface area contributed by atoms with Crippen LogP contribution in [0.5, 0.6) is 0 Å². The molecule has 0 radical (unpaired) electrons. The van der Waals surface area contributed by atoms with Crippen LogP contribution in [0.4, 0.5) is 5.69 Å². The minimum Gasteiger partial charge on any atom is -0.465 e. The van der Waals surface area contributed by atoms with Crippen molar-refractivity contribution in [3.05, 3.63) is 29.8 Å². The van der Waals surface area contributed by atoms with Crippen LogP contribution < -0.4 is 11.1 Å². The fourth-order valence-corrected chi connectivity index (χ4v) is 1.66. The molecule has 0 saturated carbocycles. The Bertz CT molecular complexity index is 385. The van der Waals surface area contributed by atoms with Crippen molar-refractivity contribution < 1.29 is 9.53 Å². The Labute approximate surface area is 109 Å². The third-order valence-electron chi connectivity index (χ3n) is 2.90. The van der Waals surface area contributed by atoms with Gasteiger partial charge in [0.1, 0.15) is 0 Å². The molecule has 100 valence electrons. The number of esters is 1. The first-order valence-electron chi connectivity index (χ1n) is 6.11. The maximum atomic E-state index is 11.3. The van der Waals surface area contributed by atoms with Gasteiger partial charge in [0, 0.05) is 12.2 Å². The van der Waals surface area contributed by atoms with E-state index in [-0.39, 0.29) is 11.4 Å². The molecule has 4 heteroatoms. The number of methoxy groups -OCH3 is 1. The Kier molecular flexibility index (Phi) is 5.16. The van der Waals surface area contributed by atoms with Crippen LogP contribution in [0, 0.1) is 5.41 Å². The molecule has 0 aliphatic rings. The summed E-state index contributed by atoms with van der Waals surface area (Å²) in [5.41, 5.74) is 7.29. The van der Waals surface area contributed by atoms with E-state index in [1.54, 1.807) is 12.1 Å². The summed E-state index contributed by atoms with van der Waals surface area (Å²) in [5, 5.41) is 3.35. The fourth-order valence-electron chi connectivity index (χ4n) is 1.66. The molecule has 0 saturated heterocycles. The molecule has 0 amide bonds. The van der Waals surface area contributed by atoms with Gasteiger partial charge in [-0.15, -0.1) is 0 Å². The monoisotopic (exact) mass is 250 g/mol. The largest absolute Gasteiger partial charge is 0.465 e. The van der Waals surface area contributed by atoms with Gasteiger partial charge in [-0.25, -0.2) is 4.79 Å². The number of carbonyl (C=O) groups is 1. The van der Waals surface area contributed by atoms with E-state index in [1.165, 1.54) is 7.11 Å². The van der Waals surface area contributed by atoms with Crippen molar-refractivity contribution >= 4 is 11.7 Å². The Hall–Kier alpha value is -1.55. The molecule has 0 bridgehead atoms. The minimum absolute atomic E-state index is 0.162. The van der Waals surface area contributed by atoms with Gasteiger partial charge in [-0.2, -0.15) is 0 Å². The number of rotatable bonds is 6. The highest BCUT2D eigenvalue weighted by molar-refractivity contribution is 5.89. The SMILES string of the molecule is COC(=O)c1ccc(NCC(C)(C)CCN)cc1. The summed E-state index contributed by atoms with van der Waals surface area (Å²) in [5.74, 6) is -0.315. The zero-order valence-electron chi connectivity index (χ0n) is 11.3. The lowest BCUT2D eigenvalue weighted by atomic mass is 9.89. The number of carbonyl (C=O) groups excluding carboxylic acids is 1. The lowest BCUT2D eigenvalue weighted by molar-refractivity contribution is 0.0601. The first-order chi connectivity index (χ1) is 8.48. The van der Waals surface area contributed by atoms with Crippen molar-refractivity contribution in [2.24, 2.45) is 11.1 Å². The number of anilines is 1. The topological polar surface area (TPSA) is 64.3 Å². The van der Waals surface area contributed by atoms with Crippen LogP contribution in [0.15, 0.2) is 24.3 Å². The maximum absolute atomic E-state index is 11.3. The van der Waals surface area contributed by atoms with E-state index in [1.807, 2.05) is 12.1 Å². The first-order valence-corrected chi connectivity index (χ1v) is 6.11. The molecule has 0 aliphatic carbocycles. The average molecular weight is 250 g/mol. The number of ether oxygens (including phenoxy) is 1. The molecule has 0 unspecified atom stereocenters. The van der Waals surface area contributed by atoms with Crippen molar-refractivity contribution in [3.63, 3.8) is 0 Å². The number of hydrogen-bond acceptors (Lipinski definition) is 4. The van der Waals surface area contributed by atoms with Crippen LogP contribution in [0.3, 0.4) is 0 Å². The normalized spacial score (nSPS) is 11.1. The van der Waals surface area contributed by atoms with Gasteiger partial charge in [0.05, 0.1) is 12.7 Å². The summed E-state index contributed by atoms with van der Waals surface area (Å²) in [4.78, 5) is 11.3. The lowest BCUT2D eigenvalue weighted by Crippen LogP contribution is -2.26. The third kappa shape index (κ3) is 4.37. The van der Waals surface area contributed by atoms with E-state index in [0.717, 1.165) is 18.7 Å². The van der Waals surface area contributed by atoms with Gasteiger partial charge in [-0.1, -0.05) is 13.8 Å². The summed E-state index contributed by atoms with van der Waals surface area (Å²) in [6, 6.07) is 7.27. The third-order valence-corrected chi connectivity index (χ3v) is 2.90. The van der Waals surface area contributed by atoms with Crippen molar-refractivity contribution in [1.82, 2.24) is 0 Å². The summed E-state index contributed by atoms with van der Waals surface area (Å²) in [6.45, 7) is 5.89. The van der Waals surface area contributed by atoms with Gasteiger partial charge in [0.2, 0.25) is 0 Å². The quantitative estimate of drug-likeness (QED) is 0.760. The average Bonchev–Trinajstić information content (AvgIpc) is 2.36. The highest BCUT2D eigenvalue weighted by Gasteiger charge is 2.16. The van der Waals surface area contributed by atoms with E-state index in [4.69, 9.17) is 5.73 Å². The molecule has 0 heterocycles. The van der Waals surface area contributed by atoms with Gasteiger partial charge in [0.15, 0.2) is 0 Å². The van der Waals surface area contributed by atoms with Gasteiger partial charge in [-0.3, -0.25) is 0 Å². The summed E-state index contributed by atoms with van der Waals surface area (Å²) in [6.07, 6.45) is 0.972. The summed E-state index contributed by atoms with van der Waals surface area (Å²) in [7, 11) is 1.38. The Morgan fingerprint density at radius 2 is 1.94 bits per heavy atom. The molecule has 3 N–H and O–H groups in total. The molecule has 0 aliphatic heterocycles. The van der Waals surface area contributed by atoms with E-state index < -0.39 is 0 Å². The van der Waals surface area contributed by atoms with E-state index in [9.17, 15) is 4.79 Å². The Morgan fingerprint density at radius 3 is 2.44 bits per heavy atom. The molecule has 1 aromatic carbocycles. The zero-order valence-corrected chi connectivity index (χ0v) is 11.3. The van der Waals surface area contributed by atoms with Crippen molar-refractivity contribution in [2.75, 3.05) is 25.5 Å². The van der Waals surface area contributed by atoms with Gasteiger partial charge >= 0.3 is 5.97 Å². The summed E-state index contributed by atoms with van der Waals surface area (Å²) >= 11 is 0. The molecule has 0 spiro atoms. The second kappa shape index (κ2) is 6.40. The minimum atomic E-state index is -0.315. The molecule has 18 heavy (non-hydrogen) atoms. The number of nitrogens with two attached hydrogens (primary N) is 1. The van der Waals surface area contributed by atoms with Crippen LogP contribution in [0.2, 0.25) is 0 Å². The molecule has 0 aromatic heterocycles. The first kappa shape index (κ1) is 14.5. The van der Waals surface area contributed by atoms with Crippen molar-refractivity contribution in [2.45, 2.75) is 20.3 Å². The van der Waals surface area contributed by atoms with Gasteiger partial charge in [-0.05, 0) is 42.6 Å². The molecular formula is C14H22N2O2. The van der Waals surface area contributed by atoms with Gasteiger partial charge < -0.3 is 15.8 Å². The number of nitrogens with one attached hydrogen (secondary N) is 1. The zero-order chi connectivity index (χ0) is 13.6. The molecule has 0 atom stereocenters. The molecule has 1 aromatic rings. The van der Waals surface area contributed by atoms with Gasteiger partial charge in [0.25, 0.3) is 0 Å². The van der Waals surface area contributed by atoms with Crippen LogP contribution in [-0.2, 0) is 4.74 Å². The lowest BCUT2D eigenvalue weighted by Gasteiger charge is -2.24. The maximum Gasteiger partial charge on any atom is 0.337 e. The molecule has 4 nitrogen and oxygen atoms in total. The second-order valence-electron chi connectivity index (χ2n) is 5.13. The summed E-state index contributed by atoms with van der Waals surface area (Å²) < 4.78 is 4.65. The second-order valence-corrected chi connectivity index (χ2v) is 5.13. The predicted octanol–water partition coefficient (Wildman–Crippen LogP) is 2.26. The molecule has 1 rings (SSSR count). The number of benzene rings is 1. The Morgan fingerprint density at radius 1 is 1.33 bits per heavy atom. The number of hydrogen-bond donors (Lipinski definition) is 2. The van der Waals surface area contributed by atoms with Crippen molar-refractivity contribution in [3.8, 4) is 0 Å². The molecular weight excluding hydrogens is 228 g/mol. The highest BCUT2D eigenvalue weighted by atomic mass is 16.5. The van der Waals surface area contributed by atoms with E-state index >= 15 is 0 Å². The highest BCUT2D eigenvalue weighted by Crippen LogP contribution is 2.20. The Balaban J connectivity index is 2.56. The predicted molar refractivity (Wildman–Crippen MR) is 73.7 cm³/mol. The standard InChI is InChI=1S/C14H22N2O2/c1-14(2,8-9-15)10-16-12-6-4-11(5-7-12)13(17)18-3/h4-7,16H,8-10,15H2,1-3H3. The van der Waals surface area contributed by atoms with Crippen molar-refractivity contribution in [1.29, 1.82) is 0 Å².